The first kappa shape index (κ1) is 20.1. The van der Waals surface area contributed by atoms with E-state index in [1.807, 2.05) is 34.9 Å². The number of carbonyl (C=O) groups excluding carboxylic acids is 1. The fourth-order valence-corrected chi connectivity index (χ4v) is 3.81. The van der Waals surface area contributed by atoms with E-state index in [4.69, 9.17) is 13.9 Å². The van der Waals surface area contributed by atoms with Crippen LogP contribution in [0.4, 0.5) is 5.69 Å². The standard InChI is InChI=1S/C24H24N4O4/c1-15(2)11-23-26-27-24(32-23)19-12-16-5-3-4-6-18(16)28(19)14-22(29)25-17-7-8-20-21(13-17)31-10-9-30-20/h3-8,12-13,15H,9-11,14H2,1-2H3,(H,25,29). The summed E-state index contributed by atoms with van der Waals surface area (Å²) in [6, 6.07) is 15.2. The van der Waals surface area contributed by atoms with E-state index in [2.05, 4.69) is 29.4 Å². The van der Waals surface area contributed by atoms with Crippen molar-refractivity contribution in [3.05, 3.63) is 54.4 Å². The second-order valence-electron chi connectivity index (χ2n) is 8.18. The Balaban J connectivity index is 1.42. The van der Waals surface area contributed by atoms with Crippen LogP contribution in [0.15, 0.2) is 52.9 Å². The van der Waals surface area contributed by atoms with Crippen LogP contribution in [0.5, 0.6) is 11.5 Å². The first-order chi connectivity index (χ1) is 15.6. The third kappa shape index (κ3) is 4.03. The van der Waals surface area contributed by atoms with Crippen molar-refractivity contribution in [3.63, 3.8) is 0 Å². The lowest BCUT2D eigenvalue weighted by Gasteiger charge is -2.19. The molecular weight excluding hydrogens is 408 g/mol. The highest BCUT2D eigenvalue weighted by molar-refractivity contribution is 5.94. The number of fused-ring (bicyclic) bond motifs is 2. The molecule has 0 bridgehead atoms. The number of carbonyl (C=O) groups is 1. The van der Waals surface area contributed by atoms with Crippen LogP contribution >= 0.6 is 0 Å². The Labute approximate surface area is 185 Å². The highest BCUT2D eigenvalue weighted by Crippen LogP contribution is 2.33. The summed E-state index contributed by atoms with van der Waals surface area (Å²) < 4.78 is 19.0. The van der Waals surface area contributed by atoms with Gasteiger partial charge in [0.1, 0.15) is 25.5 Å². The molecule has 5 rings (SSSR count). The van der Waals surface area contributed by atoms with Gasteiger partial charge in [0.2, 0.25) is 11.8 Å². The van der Waals surface area contributed by atoms with Crippen LogP contribution in [0.2, 0.25) is 0 Å². The summed E-state index contributed by atoms with van der Waals surface area (Å²) in [5.41, 5.74) is 2.28. The number of nitrogens with one attached hydrogen (secondary N) is 1. The second kappa shape index (κ2) is 8.37. The van der Waals surface area contributed by atoms with Crippen LogP contribution in [0, 0.1) is 5.92 Å². The summed E-state index contributed by atoms with van der Waals surface area (Å²) in [5, 5.41) is 12.4. The molecule has 1 amide bonds. The molecule has 0 aliphatic carbocycles. The Kier molecular flexibility index (Phi) is 5.26. The highest BCUT2D eigenvalue weighted by atomic mass is 16.6. The molecule has 32 heavy (non-hydrogen) atoms. The van der Waals surface area contributed by atoms with Crippen LogP contribution in [-0.4, -0.2) is 33.9 Å². The van der Waals surface area contributed by atoms with Crippen molar-refractivity contribution in [3.8, 4) is 23.1 Å². The highest BCUT2D eigenvalue weighted by Gasteiger charge is 2.19. The second-order valence-corrected chi connectivity index (χ2v) is 8.18. The molecule has 0 spiro atoms. The fourth-order valence-electron chi connectivity index (χ4n) is 3.81. The number of aromatic nitrogens is 3. The van der Waals surface area contributed by atoms with Crippen molar-refractivity contribution in [2.75, 3.05) is 18.5 Å². The molecule has 2 aromatic heterocycles. The van der Waals surface area contributed by atoms with Crippen molar-refractivity contribution < 1.29 is 18.7 Å². The lowest BCUT2D eigenvalue weighted by atomic mass is 10.1. The van der Waals surface area contributed by atoms with E-state index >= 15 is 0 Å². The van der Waals surface area contributed by atoms with Crippen LogP contribution in [-0.2, 0) is 17.8 Å². The first-order valence-electron chi connectivity index (χ1n) is 10.7. The molecule has 2 aromatic carbocycles. The number of nitrogens with zero attached hydrogens (tertiary/aromatic N) is 3. The zero-order valence-electron chi connectivity index (χ0n) is 18.0. The van der Waals surface area contributed by atoms with Gasteiger partial charge in [-0.05, 0) is 30.2 Å². The van der Waals surface area contributed by atoms with Gasteiger partial charge >= 0.3 is 0 Å². The number of hydrogen-bond donors (Lipinski definition) is 1. The van der Waals surface area contributed by atoms with Crippen molar-refractivity contribution in [2.24, 2.45) is 5.92 Å². The molecule has 8 nitrogen and oxygen atoms in total. The van der Waals surface area contributed by atoms with Crippen LogP contribution in [0.3, 0.4) is 0 Å². The predicted octanol–water partition coefficient (Wildman–Crippen LogP) is 4.30. The quantitative estimate of drug-likeness (QED) is 0.488. The van der Waals surface area contributed by atoms with Gasteiger partial charge in [-0.15, -0.1) is 10.2 Å². The lowest BCUT2D eigenvalue weighted by molar-refractivity contribution is -0.116. The van der Waals surface area contributed by atoms with Gasteiger partial charge in [-0.1, -0.05) is 32.0 Å². The SMILES string of the molecule is CC(C)Cc1nnc(-c2cc3ccccc3n2CC(=O)Nc2ccc3c(c2)OCCO3)o1. The van der Waals surface area contributed by atoms with E-state index < -0.39 is 0 Å². The van der Waals surface area contributed by atoms with E-state index in [0.29, 0.717) is 60.2 Å². The number of para-hydroxylation sites is 1. The smallest absolute Gasteiger partial charge is 0.264 e. The molecule has 0 unspecified atom stereocenters. The minimum Gasteiger partial charge on any atom is -0.486 e. The Morgan fingerprint density at radius 2 is 1.88 bits per heavy atom. The van der Waals surface area contributed by atoms with E-state index in [0.717, 1.165) is 10.9 Å². The Morgan fingerprint density at radius 3 is 2.72 bits per heavy atom. The van der Waals surface area contributed by atoms with Crippen molar-refractivity contribution in [1.29, 1.82) is 0 Å². The maximum atomic E-state index is 13.0. The maximum Gasteiger partial charge on any atom is 0.264 e. The molecule has 1 aliphatic rings. The number of anilines is 1. The molecule has 3 heterocycles. The summed E-state index contributed by atoms with van der Waals surface area (Å²) in [7, 11) is 0. The van der Waals surface area contributed by atoms with Gasteiger partial charge in [-0.3, -0.25) is 4.79 Å². The first-order valence-corrected chi connectivity index (χ1v) is 10.7. The van der Waals surface area contributed by atoms with Crippen LogP contribution in [0.25, 0.3) is 22.5 Å². The van der Waals surface area contributed by atoms with Gasteiger partial charge < -0.3 is 23.8 Å². The molecule has 1 N–H and O–H groups in total. The molecule has 0 radical (unpaired) electrons. The molecular formula is C24H24N4O4. The Bertz CT molecular complexity index is 1270. The molecule has 0 saturated heterocycles. The van der Waals surface area contributed by atoms with E-state index in [1.165, 1.54) is 0 Å². The van der Waals surface area contributed by atoms with Gasteiger partial charge in [-0.2, -0.15) is 0 Å². The van der Waals surface area contributed by atoms with Crippen molar-refractivity contribution >= 4 is 22.5 Å². The summed E-state index contributed by atoms with van der Waals surface area (Å²) in [5.74, 6) is 2.54. The molecule has 0 atom stereocenters. The van der Waals surface area contributed by atoms with Crippen LogP contribution in [0.1, 0.15) is 19.7 Å². The average Bonchev–Trinajstić information content (AvgIpc) is 3.38. The summed E-state index contributed by atoms with van der Waals surface area (Å²) in [6.07, 6.45) is 0.706. The monoisotopic (exact) mass is 432 g/mol. The third-order valence-corrected chi connectivity index (χ3v) is 5.21. The number of hydrogen-bond acceptors (Lipinski definition) is 6. The average molecular weight is 432 g/mol. The van der Waals surface area contributed by atoms with E-state index in [1.54, 1.807) is 18.2 Å². The van der Waals surface area contributed by atoms with Crippen LogP contribution < -0.4 is 14.8 Å². The van der Waals surface area contributed by atoms with Gasteiger partial charge in [0.15, 0.2) is 11.5 Å². The molecule has 4 aromatic rings. The largest absolute Gasteiger partial charge is 0.486 e. The minimum absolute atomic E-state index is 0.0964. The van der Waals surface area contributed by atoms with Crippen molar-refractivity contribution in [2.45, 2.75) is 26.8 Å². The number of ether oxygens (including phenoxy) is 2. The Hall–Kier alpha value is -3.81. The predicted molar refractivity (Wildman–Crippen MR) is 120 cm³/mol. The number of benzene rings is 2. The van der Waals surface area contributed by atoms with E-state index in [9.17, 15) is 4.79 Å². The van der Waals surface area contributed by atoms with Gasteiger partial charge in [0.05, 0.1) is 0 Å². The normalized spacial score (nSPS) is 13.0. The molecule has 0 fully saturated rings. The summed E-state index contributed by atoms with van der Waals surface area (Å²) in [6.45, 7) is 5.31. The topological polar surface area (TPSA) is 91.4 Å². The fraction of sp³-hybridized carbons (Fsp3) is 0.292. The molecule has 8 heteroatoms. The van der Waals surface area contributed by atoms with Gasteiger partial charge in [0.25, 0.3) is 5.89 Å². The van der Waals surface area contributed by atoms with E-state index in [-0.39, 0.29) is 12.5 Å². The molecule has 0 saturated carbocycles. The van der Waals surface area contributed by atoms with Crippen molar-refractivity contribution in [1.82, 2.24) is 14.8 Å². The lowest BCUT2D eigenvalue weighted by Crippen LogP contribution is -2.20. The maximum absolute atomic E-state index is 13.0. The zero-order valence-corrected chi connectivity index (χ0v) is 18.0. The number of amides is 1. The molecule has 1 aliphatic heterocycles. The zero-order chi connectivity index (χ0) is 22.1. The van der Waals surface area contributed by atoms with Gasteiger partial charge in [0, 0.05) is 29.1 Å². The number of rotatable bonds is 6. The molecule has 164 valence electrons. The third-order valence-electron chi connectivity index (χ3n) is 5.21. The Morgan fingerprint density at radius 1 is 1.06 bits per heavy atom. The summed E-state index contributed by atoms with van der Waals surface area (Å²) >= 11 is 0. The summed E-state index contributed by atoms with van der Waals surface area (Å²) in [4.78, 5) is 13.0. The minimum atomic E-state index is -0.175. The van der Waals surface area contributed by atoms with Gasteiger partial charge in [-0.25, -0.2) is 0 Å².